The van der Waals surface area contributed by atoms with Crippen molar-refractivity contribution in [2.75, 3.05) is 10.7 Å². The van der Waals surface area contributed by atoms with E-state index >= 15 is 0 Å². The molecule has 0 spiro atoms. The number of thiol groups is 1. The molecule has 1 fully saturated rings. The lowest BCUT2D eigenvalue weighted by Gasteiger charge is -2.30. The molecule has 0 unspecified atom stereocenters. The smallest absolute Gasteiger partial charge is 0.327 e. The van der Waals surface area contributed by atoms with E-state index in [0.717, 1.165) is 37.0 Å². The molecule has 9 heteroatoms. The first kappa shape index (κ1) is 20.0. The van der Waals surface area contributed by atoms with Gasteiger partial charge in [0.05, 0.1) is 22.8 Å². The molecule has 26 heavy (non-hydrogen) atoms. The van der Waals surface area contributed by atoms with Gasteiger partial charge < -0.3 is 9.84 Å². The van der Waals surface area contributed by atoms with Crippen molar-refractivity contribution >= 4 is 35.9 Å². The van der Waals surface area contributed by atoms with Crippen molar-refractivity contribution in [2.45, 2.75) is 51.2 Å². The Morgan fingerprint density at radius 3 is 2.54 bits per heavy atom. The number of non-ortho nitro benzene ring substituents is 1. The minimum Gasteiger partial charge on any atom is -0.488 e. The number of hydrogen-bond donors (Lipinski definition) is 2. The first-order valence-corrected chi connectivity index (χ1v) is 9.07. The van der Waals surface area contributed by atoms with Crippen molar-refractivity contribution in [3.8, 4) is 5.75 Å². The molecule has 8 nitrogen and oxygen atoms in total. The zero-order chi connectivity index (χ0) is 19.3. The molecule has 0 radical (unpaired) electrons. The van der Waals surface area contributed by atoms with Crippen molar-refractivity contribution in [3.63, 3.8) is 0 Å². The number of rotatable bonds is 7. The number of anilines is 1. The average Bonchev–Trinajstić information content (AvgIpc) is 2.60. The Balaban J connectivity index is 2.47. The number of nitro groups is 1. The molecule has 1 aromatic rings. The number of carbonyl (C=O) groups excluding carboxylic acids is 1. The summed E-state index contributed by atoms with van der Waals surface area (Å²) in [5.41, 5.74) is 0.0240. The predicted octanol–water partition coefficient (Wildman–Crippen LogP) is 3.04. The number of nitro benzene ring substituents is 1. The summed E-state index contributed by atoms with van der Waals surface area (Å²) in [6.45, 7) is 1.24. The van der Waals surface area contributed by atoms with Crippen molar-refractivity contribution in [3.05, 3.63) is 28.3 Å². The number of hydrogen-bond acceptors (Lipinski definition) is 6. The maximum absolute atomic E-state index is 12.2. The van der Waals surface area contributed by atoms with Gasteiger partial charge in [-0.15, -0.1) is 0 Å². The van der Waals surface area contributed by atoms with Crippen molar-refractivity contribution in [2.24, 2.45) is 0 Å². The third kappa shape index (κ3) is 4.66. The Kier molecular flexibility index (Phi) is 6.84. The van der Waals surface area contributed by atoms with Gasteiger partial charge in [0.1, 0.15) is 11.8 Å². The lowest BCUT2D eigenvalue weighted by Crippen LogP contribution is -2.46. The van der Waals surface area contributed by atoms with Gasteiger partial charge in [-0.3, -0.25) is 19.8 Å². The highest BCUT2D eigenvalue weighted by molar-refractivity contribution is 7.80. The second-order valence-corrected chi connectivity index (χ2v) is 6.58. The van der Waals surface area contributed by atoms with E-state index in [0.29, 0.717) is 0 Å². The van der Waals surface area contributed by atoms with Gasteiger partial charge in [0, 0.05) is 18.7 Å². The van der Waals surface area contributed by atoms with E-state index in [1.807, 2.05) is 0 Å². The third-order valence-electron chi connectivity index (χ3n) is 4.37. The molecule has 1 aromatic carbocycles. The van der Waals surface area contributed by atoms with Crippen LogP contribution < -0.4 is 9.64 Å². The number of ether oxygens (including phenoxy) is 1. The van der Waals surface area contributed by atoms with Crippen LogP contribution in [0.3, 0.4) is 0 Å². The van der Waals surface area contributed by atoms with Crippen LogP contribution in [0, 0.1) is 10.1 Å². The molecule has 1 aliphatic rings. The van der Waals surface area contributed by atoms with Crippen LogP contribution in [-0.4, -0.2) is 39.8 Å². The molecule has 2 rings (SSSR count). The summed E-state index contributed by atoms with van der Waals surface area (Å²) in [6.07, 6.45) is 4.63. The Morgan fingerprint density at radius 1 is 1.38 bits per heavy atom. The lowest BCUT2D eigenvalue weighted by atomic mass is 9.98. The number of carboxylic acid groups (broad SMARTS) is 1. The van der Waals surface area contributed by atoms with E-state index in [4.69, 9.17) is 4.74 Å². The van der Waals surface area contributed by atoms with Crippen LogP contribution >= 0.6 is 12.6 Å². The third-order valence-corrected chi connectivity index (χ3v) is 4.71. The molecule has 0 saturated heterocycles. The van der Waals surface area contributed by atoms with Gasteiger partial charge in [-0.05, 0) is 31.7 Å². The van der Waals surface area contributed by atoms with Crippen molar-refractivity contribution in [1.29, 1.82) is 0 Å². The van der Waals surface area contributed by atoms with Gasteiger partial charge in [-0.25, -0.2) is 4.79 Å². The second kappa shape index (κ2) is 8.88. The van der Waals surface area contributed by atoms with E-state index < -0.39 is 22.8 Å². The van der Waals surface area contributed by atoms with E-state index in [-0.39, 0.29) is 29.0 Å². The fraction of sp³-hybridized carbons (Fsp3) is 0.529. The summed E-state index contributed by atoms with van der Waals surface area (Å²) in [6, 6.07) is 2.64. The topological polar surface area (TPSA) is 110 Å². The Morgan fingerprint density at radius 2 is 2.04 bits per heavy atom. The molecule has 1 atom stereocenters. The van der Waals surface area contributed by atoms with Crippen LogP contribution in [-0.2, 0) is 9.59 Å². The highest BCUT2D eigenvalue weighted by Crippen LogP contribution is 2.36. The standard InChI is InChI=1S/C17H22N2O6S/c1-11(20)18(15(10-26)17(21)22)14-8-7-12(19(23)24)9-16(14)25-13-5-3-2-4-6-13/h7-9,13,15,26H,2-6,10H2,1H3,(H,21,22)/t15-/m0/s1. The first-order chi connectivity index (χ1) is 12.3. The van der Waals surface area contributed by atoms with E-state index in [2.05, 4.69) is 12.6 Å². The maximum Gasteiger partial charge on any atom is 0.327 e. The molecule has 0 bridgehead atoms. The average molecular weight is 382 g/mol. The molecular weight excluding hydrogens is 360 g/mol. The van der Waals surface area contributed by atoms with Gasteiger partial charge >= 0.3 is 5.97 Å². The predicted molar refractivity (Wildman–Crippen MR) is 99.0 cm³/mol. The largest absolute Gasteiger partial charge is 0.488 e. The zero-order valence-corrected chi connectivity index (χ0v) is 15.4. The van der Waals surface area contributed by atoms with Crippen LogP contribution in [0.25, 0.3) is 0 Å². The number of benzene rings is 1. The molecule has 0 aromatic heterocycles. The van der Waals surface area contributed by atoms with E-state index in [1.54, 1.807) is 0 Å². The molecule has 0 heterocycles. The summed E-state index contributed by atoms with van der Waals surface area (Å²) in [4.78, 5) is 35.3. The van der Waals surface area contributed by atoms with Crippen LogP contribution in [0.4, 0.5) is 11.4 Å². The molecule has 1 N–H and O–H groups in total. The normalized spacial score (nSPS) is 15.9. The minimum absolute atomic E-state index is 0.102. The summed E-state index contributed by atoms with van der Waals surface area (Å²) in [7, 11) is 0. The number of carbonyl (C=O) groups is 2. The van der Waals surface area contributed by atoms with Crippen molar-refractivity contribution in [1.82, 2.24) is 0 Å². The zero-order valence-electron chi connectivity index (χ0n) is 14.5. The fourth-order valence-electron chi connectivity index (χ4n) is 3.10. The van der Waals surface area contributed by atoms with Crippen molar-refractivity contribution < 1.29 is 24.4 Å². The monoisotopic (exact) mass is 382 g/mol. The summed E-state index contributed by atoms with van der Waals surface area (Å²) in [5, 5.41) is 20.5. The Hall–Kier alpha value is -2.29. The van der Waals surface area contributed by atoms with Crippen LogP contribution in [0.2, 0.25) is 0 Å². The molecule has 1 saturated carbocycles. The molecule has 1 amide bonds. The summed E-state index contributed by atoms with van der Waals surface area (Å²) in [5.74, 6) is -1.67. The molecule has 0 aliphatic heterocycles. The van der Waals surface area contributed by atoms with Gasteiger partial charge in [-0.2, -0.15) is 12.6 Å². The number of carboxylic acids is 1. The van der Waals surface area contributed by atoms with E-state index in [9.17, 15) is 24.8 Å². The number of nitrogens with zero attached hydrogens (tertiary/aromatic N) is 2. The van der Waals surface area contributed by atoms with Gasteiger partial charge in [0.25, 0.3) is 5.69 Å². The first-order valence-electron chi connectivity index (χ1n) is 8.43. The van der Waals surface area contributed by atoms with Crippen LogP contribution in [0.15, 0.2) is 18.2 Å². The highest BCUT2D eigenvalue weighted by Gasteiger charge is 2.31. The minimum atomic E-state index is -1.21. The van der Waals surface area contributed by atoms with Gasteiger partial charge in [0.2, 0.25) is 5.91 Å². The van der Waals surface area contributed by atoms with Gasteiger partial charge in [0.15, 0.2) is 0 Å². The lowest BCUT2D eigenvalue weighted by molar-refractivity contribution is -0.384. The van der Waals surface area contributed by atoms with E-state index in [1.165, 1.54) is 25.1 Å². The van der Waals surface area contributed by atoms with Crippen LogP contribution in [0.1, 0.15) is 39.0 Å². The maximum atomic E-state index is 12.2. The Bertz CT molecular complexity index is 690. The number of aliphatic carboxylic acids is 1. The summed E-state index contributed by atoms with van der Waals surface area (Å²) < 4.78 is 5.97. The molecular formula is C17H22N2O6S. The number of amides is 1. The molecule has 1 aliphatic carbocycles. The Labute approximate surface area is 156 Å². The summed E-state index contributed by atoms with van der Waals surface area (Å²) >= 11 is 4.03. The molecule has 142 valence electrons. The van der Waals surface area contributed by atoms with Gasteiger partial charge in [-0.1, -0.05) is 6.42 Å². The van der Waals surface area contributed by atoms with Crippen LogP contribution in [0.5, 0.6) is 5.75 Å². The fourth-order valence-corrected chi connectivity index (χ4v) is 3.42. The quantitative estimate of drug-likeness (QED) is 0.426. The highest BCUT2D eigenvalue weighted by atomic mass is 32.1. The second-order valence-electron chi connectivity index (χ2n) is 6.21. The SMILES string of the molecule is CC(=O)N(c1ccc([N+](=O)[O-])cc1OC1CCCCC1)[C@@H](CS)C(=O)O.